The average molecular weight is 451 g/mol. The Morgan fingerprint density at radius 1 is 1.00 bits per heavy atom. The van der Waals surface area contributed by atoms with Crippen LogP contribution in [0, 0.1) is 17.7 Å². The minimum Gasteiger partial charge on any atom is -0.366 e. The molecule has 31 heavy (non-hydrogen) atoms. The maximum absolute atomic E-state index is 13.5. The van der Waals surface area contributed by atoms with Gasteiger partial charge in [0, 0.05) is 43.6 Å². The van der Waals surface area contributed by atoms with E-state index in [0.717, 1.165) is 25.9 Å². The summed E-state index contributed by atoms with van der Waals surface area (Å²) in [4.78, 5) is 2.46. The van der Waals surface area contributed by atoms with Gasteiger partial charge in [0.05, 0.1) is 10.7 Å². The largest absolute Gasteiger partial charge is 0.366 e. The molecule has 0 bridgehead atoms. The third-order valence-electron chi connectivity index (χ3n) is 7.20. The highest BCUT2D eigenvalue weighted by molar-refractivity contribution is 6.33. The number of hydrogen-bond donors (Lipinski definition) is 1. The van der Waals surface area contributed by atoms with E-state index in [-0.39, 0.29) is 18.7 Å². The van der Waals surface area contributed by atoms with Gasteiger partial charge in [-0.15, -0.1) is 10.2 Å². The van der Waals surface area contributed by atoms with E-state index >= 15 is 0 Å². The van der Waals surface area contributed by atoms with Crippen molar-refractivity contribution < 1.29 is 13.2 Å². The first kappa shape index (κ1) is 21.0. The molecule has 0 radical (unpaired) electrons. The first-order valence-electron chi connectivity index (χ1n) is 11.0. The van der Waals surface area contributed by atoms with Crippen LogP contribution in [0.5, 0.6) is 0 Å². The summed E-state index contributed by atoms with van der Waals surface area (Å²) < 4.78 is 40.4. The monoisotopic (exact) mass is 450 g/mol. The Labute approximate surface area is 185 Å². The summed E-state index contributed by atoms with van der Waals surface area (Å²) in [6, 6.07) is 8.50. The van der Waals surface area contributed by atoms with E-state index in [1.54, 1.807) is 6.07 Å². The number of aromatic nitrogens is 2. The molecule has 3 fully saturated rings. The predicted molar refractivity (Wildman–Crippen MR) is 115 cm³/mol. The fourth-order valence-electron chi connectivity index (χ4n) is 5.60. The van der Waals surface area contributed by atoms with Gasteiger partial charge in [0.15, 0.2) is 0 Å². The van der Waals surface area contributed by atoms with E-state index < -0.39 is 5.92 Å². The molecule has 1 aromatic carbocycles. The standard InChI is InChI=1S/C23H26ClF3N4/c24-20-2-1-16(25)11-19(20)21-3-4-22(30-29-21)28-17-9-14-12-31(13-15(14)10-17)18-5-7-23(26,27)8-6-18/h1-4,11,14-15,17-18H,5-10,12-13H2,(H,28,30)/t14-,15+,17?. The maximum Gasteiger partial charge on any atom is 0.248 e. The predicted octanol–water partition coefficient (Wildman–Crippen LogP) is 5.64. The lowest BCUT2D eigenvalue weighted by Gasteiger charge is -2.35. The van der Waals surface area contributed by atoms with Gasteiger partial charge in [-0.3, -0.25) is 4.90 Å². The molecule has 1 aliphatic heterocycles. The van der Waals surface area contributed by atoms with Crippen molar-refractivity contribution in [2.24, 2.45) is 11.8 Å². The number of halogens is 4. The summed E-state index contributed by atoms with van der Waals surface area (Å²) in [7, 11) is 0. The van der Waals surface area contributed by atoms with Crippen LogP contribution in [0.2, 0.25) is 5.02 Å². The summed E-state index contributed by atoms with van der Waals surface area (Å²) in [6.07, 6.45) is 3.41. The fraction of sp³-hybridized carbons (Fsp3) is 0.565. The van der Waals surface area contributed by atoms with Crippen molar-refractivity contribution in [3.05, 3.63) is 41.2 Å². The van der Waals surface area contributed by atoms with Gasteiger partial charge in [-0.25, -0.2) is 13.2 Å². The van der Waals surface area contributed by atoms with Gasteiger partial charge in [-0.1, -0.05) is 11.6 Å². The van der Waals surface area contributed by atoms with E-state index in [1.165, 1.54) is 18.2 Å². The van der Waals surface area contributed by atoms with Crippen LogP contribution in [0.3, 0.4) is 0 Å². The molecular weight excluding hydrogens is 425 g/mol. The van der Waals surface area contributed by atoms with E-state index in [4.69, 9.17) is 11.6 Å². The van der Waals surface area contributed by atoms with Crippen LogP contribution in [0.4, 0.5) is 19.0 Å². The summed E-state index contributed by atoms with van der Waals surface area (Å²) in [5.74, 6) is -0.904. The van der Waals surface area contributed by atoms with Gasteiger partial charge in [-0.2, -0.15) is 0 Å². The van der Waals surface area contributed by atoms with Crippen LogP contribution < -0.4 is 5.32 Å². The van der Waals surface area contributed by atoms with Crippen molar-refractivity contribution in [3.63, 3.8) is 0 Å². The number of rotatable bonds is 4. The highest BCUT2D eigenvalue weighted by Crippen LogP contribution is 2.43. The quantitative estimate of drug-likeness (QED) is 0.654. The molecule has 3 aliphatic rings. The topological polar surface area (TPSA) is 41.0 Å². The molecule has 3 atom stereocenters. The number of likely N-dealkylation sites (tertiary alicyclic amines) is 1. The van der Waals surface area contributed by atoms with E-state index in [1.807, 2.05) is 6.07 Å². The third-order valence-corrected chi connectivity index (χ3v) is 7.53. The molecule has 8 heteroatoms. The summed E-state index contributed by atoms with van der Waals surface area (Å²) in [5, 5.41) is 12.4. The summed E-state index contributed by atoms with van der Waals surface area (Å²) >= 11 is 6.15. The van der Waals surface area contributed by atoms with Crippen molar-refractivity contribution in [3.8, 4) is 11.3 Å². The van der Waals surface area contributed by atoms with Crippen molar-refractivity contribution in [1.82, 2.24) is 15.1 Å². The molecule has 5 rings (SSSR count). The van der Waals surface area contributed by atoms with Gasteiger partial charge < -0.3 is 5.32 Å². The second kappa shape index (κ2) is 8.24. The molecule has 2 aliphatic carbocycles. The minimum absolute atomic E-state index is 0.0309. The molecule has 0 spiro atoms. The zero-order valence-corrected chi connectivity index (χ0v) is 18.0. The molecule has 2 aromatic rings. The average Bonchev–Trinajstić information content (AvgIpc) is 3.29. The molecule has 0 amide bonds. The molecule has 1 N–H and O–H groups in total. The van der Waals surface area contributed by atoms with E-state index in [9.17, 15) is 13.2 Å². The highest BCUT2D eigenvalue weighted by Gasteiger charge is 2.45. The smallest absolute Gasteiger partial charge is 0.248 e. The number of hydrogen-bond acceptors (Lipinski definition) is 4. The SMILES string of the molecule is Fc1ccc(Cl)c(-c2ccc(NC3C[C@@H]4CN(C5CCC(F)(F)CC5)C[C@@H]4C3)nn2)c1. The zero-order valence-electron chi connectivity index (χ0n) is 17.2. The zero-order chi connectivity index (χ0) is 21.6. The Kier molecular flexibility index (Phi) is 5.59. The van der Waals surface area contributed by atoms with E-state index in [2.05, 4.69) is 20.4 Å². The van der Waals surface area contributed by atoms with Gasteiger partial charge in [-0.05, 0) is 67.9 Å². The van der Waals surface area contributed by atoms with Crippen LogP contribution >= 0.6 is 11.6 Å². The molecule has 2 saturated carbocycles. The Bertz CT molecular complexity index is 915. The lowest BCUT2D eigenvalue weighted by molar-refractivity contribution is -0.0521. The van der Waals surface area contributed by atoms with Crippen molar-refractivity contribution in [2.75, 3.05) is 18.4 Å². The highest BCUT2D eigenvalue weighted by atomic mass is 35.5. The first-order chi connectivity index (χ1) is 14.9. The Hall–Kier alpha value is -1.86. The van der Waals surface area contributed by atoms with Gasteiger partial charge >= 0.3 is 0 Å². The molecule has 1 unspecified atom stereocenters. The third kappa shape index (κ3) is 4.53. The molecule has 1 aromatic heterocycles. The lowest BCUT2D eigenvalue weighted by atomic mass is 9.91. The van der Waals surface area contributed by atoms with E-state index in [0.29, 0.717) is 58.9 Å². The Balaban J connectivity index is 1.15. The number of nitrogens with one attached hydrogen (secondary N) is 1. The number of fused-ring (bicyclic) bond motifs is 1. The van der Waals surface area contributed by atoms with Crippen LogP contribution in [-0.2, 0) is 0 Å². The second-order valence-electron chi connectivity index (χ2n) is 9.30. The number of nitrogens with zero attached hydrogens (tertiary/aromatic N) is 3. The normalized spacial score (nSPS) is 28.6. The van der Waals surface area contributed by atoms with Gasteiger partial charge in [0.2, 0.25) is 5.92 Å². The van der Waals surface area contributed by atoms with Crippen LogP contribution in [-0.4, -0.2) is 46.2 Å². The number of benzene rings is 1. The minimum atomic E-state index is -2.46. The van der Waals surface area contributed by atoms with Gasteiger partial charge in [0.25, 0.3) is 0 Å². The Morgan fingerprint density at radius 3 is 2.35 bits per heavy atom. The number of anilines is 1. The lowest BCUT2D eigenvalue weighted by Crippen LogP contribution is -2.40. The first-order valence-corrected chi connectivity index (χ1v) is 11.4. The van der Waals surface area contributed by atoms with Crippen LogP contribution in [0.1, 0.15) is 38.5 Å². The van der Waals surface area contributed by atoms with Crippen molar-refractivity contribution in [1.29, 1.82) is 0 Å². The van der Waals surface area contributed by atoms with Crippen LogP contribution in [0.25, 0.3) is 11.3 Å². The second-order valence-corrected chi connectivity index (χ2v) is 9.71. The van der Waals surface area contributed by atoms with Crippen molar-refractivity contribution >= 4 is 17.4 Å². The van der Waals surface area contributed by atoms with Crippen LogP contribution in [0.15, 0.2) is 30.3 Å². The molecule has 1 saturated heterocycles. The molecule has 2 heterocycles. The summed E-state index contributed by atoms with van der Waals surface area (Å²) in [6.45, 7) is 2.03. The number of alkyl halides is 2. The summed E-state index contributed by atoms with van der Waals surface area (Å²) in [5.41, 5.74) is 1.06. The maximum atomic E-state index is 13.5. The molecule has 4 nitrogen and oxygen atoms in total. The van der Waals surface area contributed by atoms with Crippen molar-refractivity contribution in [2.45, 2.75) is 56.5 Å². The van der Waals surface area contributed by atoms with Gasteiger partial charge in [0.1, 0.15) is 11.6 Å². The Morgan fingerprint density at radius 2 is 1.71 bits per heavy atom. The fourth-order valence-corrected chi connectivity index (χ4v) is 5.81. The molecular formula is C23H26ClF3N4. The molecule has 166 valence electrons.